The van der Waals surface area contributed by atoms with Crippen LogP contribution in [0.1, 0.15) is 17.2 Å². The maximum Gasteiger partial charge on any atom is 0.243 e. The first-order valence-electron chi connectivity index (χ1n) is 8.03. The Kier molecular flexibility index (Phi) is 5.33. The normalized spacial score (nSPS) is 20.9. The average Bonchev–Trinajstić information content (AvgIpc) is 2.73. The maximum atomic E-state index is 14.1. The second-order valence-corrected chi connectivity index (χ2v) is 10.4. The van der Waals surface area contributed by atoms with Gasteiger partial charge >= 0.3 is 0 Å². The van der Waals surface area contributed by atoms with Crippen molar-refractivity contribution in [2.24, 2.45) is 0 Å². The van der Waals surface area contributed by atoms with E-state index in [-0.39, 0.29) is 25.1 Å². The van der Waals surface area contributed by atoms with Crippen LogP contribution in [0.5, 0.6) is 0 Å². The highest BCUT2D eigenvalue weighted by Gasteiger charge is 2.36. The lowest BCUT2D eigenvalue weighted by Crippen LogP contribution is -2.33. The molecule has 0 saturated carbocycles. The first kappa shape index (κ1) is 19.8. The minimum absolute atomic E-state index is 0.0199. The van der Waals surface area contributed by atoms with Crippen molar-refractivity contribution in [2.45, 2.75) is 16.6 Å². The summed E-state index contributed by atoms with van der Waals surface area (Å²) in [6.07, 6.45) is -0.166. The monoisotopic (exact) mass is 419 g/mol. The first-order valence-corrected chi connectivity index (χ1v) is 11.2. The third kappa shape index (κ3) is 4.02. The van der Waals surface area contributed by atoms with E-state index in [1.165, 1.54) is 18.2 Å². The van der Waals surface area contributed by atoms with Crippen molar-refractivity contribution >= 4 is 19.9 Å². The average molecular weight is 419 g/mol. The second kappa shape index (κ2) is 7.25. The molecule has 27 heavy (non-hydrogen) atoms. The van der Waals surface area contributed by atoms with Gasteiger partial charge in [-0.05, 0) is 24.6 Å². The molecule has 1 aliphatic heterocycles. The molecule has 3 rings (SSSR count). The summed E-state index contributed by atoms with van der Waals surface area (Å²) >= 11 is 0. The molecule has 1 unspecified atom stereocenters. The zero-order chi connectivity index (χ0) is 19.8. The number of hydrogen-bond donors (Lipinski definition) is 0. The van der Waals surface area contributed by atoms with Crippen LogP contribution in [0.4, 0.5) is 13.2 Å². The van der Waals surface area contributed by atoms with Crippen molar-refractivity contribution in [2.75, 3.05) is 18.8 Å². The minimum Gasteiger partial charge on any atom is -0.228 e. The highest BCUT2D eigenvalue weighted by atomic mass is 32.2. The van der Waals surface area contributed by atoms with Gasteiger partial charge in [-0.25, -0.2) is 30.0 Å². The van der Waals surface area contributed by atoms with E-state index in [0.717, 1.165) is 10.4 Å². The summed E-state index contributed by atoms with van der Waals surface area (Å²) < 4.78 is 92.2. The smallest absolute Gasteiger partial charge is 0.228 e. The number of hydrogen-bond acceptors (Lipinski definition) is 4. The van der Waals surface area contributed by atoms with Gasteiger partial charge in [0.2, 0.25) is 10.0 Å². The zero-order valence-electron chi connectivity index (χ0n) is 14.0. The van der Waals surface area contributed by atoms with E-state index >= 15 is 0 Å². The van der Waals surface area contributed by atoms with Crippen LogP contribution >= 0.6 is 0 Å². The third-order valence-electron chi connectivity index (χ3n) is 4.43. The molecule has 0 aromatic heterocycles. The fourth-order valence-electron chi connectivity index (χ4n) is 3.08. The standard InChI is InChI=1S/C17H16F3NO4S2/c18-12-9-13(19)11-14(10-12)27(24,25)21-6-5-17(26(22,23)8-7-21)15-3-1-2-4-16(15)20/h1-4,9-11,17H,5-8H2. The summed E-state index contributed by atoms with van der Waals surface area (Å²) in [4.78, 5) is -0.596. The number of benzene rings is 2. The van der Waals surface area contributed by atoms with E-state index in [1.807, 2.05) is 0 Å². The molecule has 0 amide bonds. The van der Waals surface area contributed by atoms with Gasteiger partial charge in [0.25, 0.3) is 0 Å². The van der Waals surface area contributed by atoms with E-state index < -0.39 is 53.2 Å². The molecule has 0 bridgehead atoms. The lowest BCUT2D eigenvalue weighted by Gasteiger charge is -2.20. The summed E-state index contributed by atoms with van der Waals surface area (Å²) in [5, 5.41) is -1.19. The van der Waals surface area contributed by atoms with E-state index in [0.29, 0.717) is 18.2 Å². The summed E-state index contributed by atoms with van der Waals surface area (Å²) in [6.45, 7) is -0.605. The molecule has 146 valence electrons. The van der Waals surface area contributed by atoms with E-state index in [1.54, 1.807) is 0 Å². The van der Waals surface area contributed by atoms with Gasteiger partial charge in [-0.1, -0.05) is 18.2 Å². The van der Waals surface area contributed by atoms with E-state index in [9.17, 15) is 30.0 Å². The molecule has 2 aromatic rings. The highest BCUT2D eigenvalue weighted by molar-refractivity contribution is 7.92. The molecule has 0 N–H and O–H groups in total. The summed E-state index contributed by atoms with van der Waals surface area (Å²) in [7, 11) is -8.12. The molecule has 1 aliphatic rings. The van der Waals surface area contributed by atoms with Crippen LogP contribution < -0.4 is 0 Å². The van der Waals surface area contributed by atoms with Gasteiger partial charge in [-0.15, -0.1) is 0 Å². The van der Waals surface area contributed by atoms with Crippen LogP contribution in [0.25, 0.3) is 0 Å². The predicted octanol–water partition coefficient (Wildman–Crippen LogP) is 2.65. The van der Waals surface area contributed by atoms with Gasteiger partial charge in [-0.3, -0.25) is 0 Å². The summed E-state index contributed by atoms with van der Waals surface area (Å²) in [6, 6.07) is 7.31. The second-order valence-electron chi connectivity index (χ2n) is 6.18. The topological polar surface area (TPSA) is 71.5 Å². The maximum absolute atomic E-state index is 14.1. The third-order valence-corrected chi connectivity index (χ3v) is 8.41. The van der Waals surface area contributed by atoms with Gasteiger partial charge in [0, 0.05) is 24.7 Å². The molecule has 10 heteroatoms. The van der Waals surface area contributed by atoms with Crippen molar-refractivity contribution in [1.82, 2.24) is 4.31 Å². The predicted molar refractivity (Wildman–Crippen MR) is 92.7 cm³/mol. The van der Waals surface area contributed by atoms with Crippen LogP contribution in [0.2, 0.25) is 0 Å². The largest absolute Gasteiger partial charge is 0.243 e. The van der Waals surface area contributed by atoms with E-state index in [2.05, 4.69) is 0 Å². The molecule has 0 spiro atoms. The SMILES string of the molecule is O=S1(=O)CCN(S(=O)(=O)c2cc(F)cc(F)c2)CCC1c1ccccc1F. The van der Waals surface area contributed by atoms with Crippen LogP contribution in [0.15, 0.2) is 47.4 Å². The van der Waals surface area contributed by atoms with Crippen molar-refractivity contribution in [3.05, 3.63) is 65.5 Å². The van der Waals surface area contributed by atoms with Crippen molar-refractivity contribution in [1.29, 1.82) is 0 Å². The number of sulfone groups is 1. The van der Waals surface area contributed by atoms with Crippen LogP contribution in [-0.4, -0.2) is 40.0 Å². The molecular formula is C17H16F3NO4S2. The quantitative estimate of drug-likeness (QED) is 0.767. The number of rotatable bonds is 3. The molecule has 1 atom stereocenters. The first-order chi connectivity index (χ1) is 12.6. The summed E-state index contributed by atoms with van der Waals surface area (Å²) in [5.41, 5.74) is -0.0199. The molecule has 1 saturated heterocycles. The van der Waals surface area contributed by atoms with Crippen molar-refractivity contribution < 1.29 is 30.0 Å². The lowest BCUT2D eigenvalue weighted by atomic mass is 10.1. The molecule has 1 fully saturated rings. The van der Waals surface area contributed by atoms with Gasteiger partial charge in [-0.2, -0.15) is 4.31 Å². The number of sulfonamides is 1. The molecule has 0 radical (unpaired) electrons. The minimum atomic E-state index is -4.30. The molecule has 5 nitrogen and oxygen atoms in total. The number of halogens is 3. The van der Waals surface area contributed by atoms with Gasteiger partial charge in [0.15, 0.2) is 9.84 Å². The van der Waals surface area contributed by atoms with Crippen molar-refractivity contribution in [3.63, 3.8) is 0 Å². The molecule has 0 aliphatic carbocycles. The fourth-order valence-corrected chi connectivity index (χ4v) is 6.49. The van der Waals surface area contributed by atoms with Crippen LogP contribution in [0.3, 0.4) is 0 Å². The Balaban J connectivity index is 1.94. The van der Waals surface area contributed by atoms with Crippen molar-refractivity contribution in [3.8, 4) is 0 Å². The van der Waals surface area contributed by atoms with E-state index in [4.69, 9.17) is 0 Å². The Morgan fingerprint density at radius 3 is 2.22 bits per heavy atom. The summed E-state index contributed by atoms with van der Waals surface area (Å²) in [5.74, 6) is -3.32. The Bertz CT molecular complexity index is 1050. The lowest BCUT2D eigenvalue weighted by molar-refractivity contribution is 0.425. The van der Waals surface area contributed by atoms with Gasteiger partial charge < -0.3 is 0 Å². The fraction of sp³-hybridized carbons (Fsp3) is 0.294. The van der Waals surface area contributed by atoms with Gasteiger partial charge in [0.05, 0.1) is 15.9 Å². The molecule has 2 aromatic carbocycles. The molecular weight excluding hydrogens is 403 g/mol. The Labute approximate surface area is 155 Å². The Morgan fingerprint density at radius 2 is 1.59 bits per heavy atom. The Hall–Kier alpha value is -1.91. The van der Waals surface area contributed by atoms with Crippen LogP contribution in [0, 0.1) is 17.5 Å². The van der Waals surface area contributed by atoms with Gasteiger partial charge in [0.1, 0.15) is 17.5 Å². The van der Waals surface area contributed by atoms with Crippen LogP contribution in [-0.2, 0) is 19.9 Å². The Morgan fingerprint density at radius 1 is 0.963 bits per heavy atom. The zero-order valence-corrected chi connectivity index (χ0v) is 15.6. The molecule has 1 heterocycles. The highest BCUT2D eigenvalue weighted by Crippen LogP contribution is 2.32. The number of nitrogens with zero attached hydrogens (tertiary/aromatic N) is 1.